The maximum absolute atomic E-state index is 12.9. The molecule has 154 valence electrons. The zero-order chi connectivity index (χ0) is 20.5. The first-order valence-electron chi connectivity index (χ1n) is 9.31. The summed E-state index contributed by atoms with van der Waals surface area (Å²) in [6.07, 6.45) is 0. The molecule has 0 saturated heterocycles. The van der Waals surface area contributed by atoms with Gasteiger partial charge in [-0.3, -0.25) is 14.5 Å². The Morgan fingerprint density at radius 1 is 1.08 bits per heavy atom. The second-order valence-corrected chi connectivity index (χ2v) is 8.64. The number of nitrogens with one attached hydrogen (secondary N) is 1. The number of likely N-dealkylation sites (N-methyl/N-ethyl adjacent to an activating group) is 1. The van der Waals surface area contributed by atoms with Crippen LogP contribution in [0.5, 0.6) is 0 Å². The van der Waals surface area contributed by atoms with Crippen LogP contribution in [0.25, 0.3) is 0 Å². The van der Waals surface area contributed by atoms with Gasteiger partial charge in [-0.15, -0.1) is 0 Å². The van der Waals surface area contributed by atoms with E-state index in [2.05, 4.69) is 31.0 Å². The highest BCUT2D eigenvalue weighted by molar-refractivity contribution is 5.89. The monoisotopic (exact) mass is 373 g/mol. The van der Waals surface area contributed by atoms with Gasteiger partial charge in [-0.25, -0.2) is 0 Å². The van der Waals surface area contributed by atoms with Gasteiger partial charge in [0.05, 0.1) is 19.8 Å². The van der Waals surface area contributed by atoms with Crippen LogP contribution in [0.2, 0.25) is 0 Å². The van der Waals surface area contributed by atoms with E-state index < -0.39 is 11.5 Å². The van der Waals surface area contributed by atoms with Crippen LogP contribution in [0.4, 0.5) is 0 Å². The van der Waals surface area contributed by atoms with Crippen molar-refractivity contribution in [1.82, 2.24) is 15.1 Å². The molecular weight excluding hydrogens is 334 g/mol. The minimum Gasteiger partial charge on any atom is -0.394 e. The topological polar surface area (TPSA) is 82.1 Å². The van der Waals surface area contributed by atoms with Gasteiger partial charge in [-0.2, -0.15) is 0 Å². The second kappa shape index (κ2) is 10.8. The Bertz CT molecular complexity index is 441. The van der Waals surface area contributed by atoms with Crippen LogP contribution in [0, 0.1) is 5.41 Å². The number of carbonyl (C=O) groups is 2. The highest BCUT2D eigenvalue weighted by Gasteiger charge is 2.33. The van der Waals surface area contributed by atoms with Crippen molar-refractivity contribution in [2.45, 2.75) is 60.0 Å². The summed E-state index contributed by atoms with van der Waals surface area (Å²) in [7, 11) is 2.02. The Labute approximate surface area is 159 Å². The fourth-order valence-electron chi connectivity index (χ4n) is 2.20. The van der Waals surface area contributed by atoms with Gasteiger partial charge in [0.25, 0.3) is 0 Å². The molecule has 2 N–H and O–H groups in total. The second-order valence-electron chi connectivity index (χ2n) is 8.64. The average Bonchev–Trinajstić information content (AvgIpc) is 2.52. The molecule has 0 aliphatic rings. The first kappa shape index (κ1) is 24.8. The maximum Gasteiger partial charge on any atom is 0.242 e. The van der Waals surface area contributed by atoms with Crippen LogP contribution in [0.1, 0.15) is 48.5 Å². The van der Waals surface area contributed by atoms with Crippen molar-refractivity contribution in [3.05, 3.63) is 0 Å². The molecule has 0 aromatic rings. The summed E-state index contributed by atoms with van der Waals surface area (Å²) in [6.45, 7) is 15.8. The van der Waals surface area contributed by atoms with Crippen molar-refractivity contribution in [1.29, 1.82) is 0 Å². The molecule has 0 bridgehead atoms. The molecule has 0 unspecified atom stereocenters. The lowest BCUT2D eigenvalue weighted by Gasteiger charge is -2.37. The van der Waals surface area contributed by atoms with E-state index in [1.165, 1.54) is 0 Å². The number of aliphatic hydroxyl groups excluding tert-OH is 1. The molecule has 0 aromatic heterocycles. The van der Waals surface area contributed by atoms with Crippen molar-refractivity contribution in [2.24, 2.45) is 5.41 Å². The van der Waals surface area contributed by atoms with E-state index in [1.54, 1.807) is 11.8 Å². The standard InChI is InChI=1S/C19H39N3O4/c1-15(16(24)20-9-13-26-14-12-23)22(17(25)18(2,3)4)11-10-21(8)19(5,6)7/h15,23H,9-14H2,1-8H3,(H,20,24)/t15-/m0/s1. The number of amides is 2. The summed E-state index contributed by atoms with van der Waals surface area (Å²) >= 11 is 0. The summed E-state index contributed by atoms with van der Waals surface area (Å²) in [5.41, 5.74) is -0.564. The Hall–Kier alpha value is -1.18. The smallest absolute Gasteiger partial charge is 0.242 e. The predicted molar refractivity (Wildman–Crippen MR) is 104 cm³/mol. The lowest BCUT2D eigenvalue weighted by molar-refractivity contribution is -0.146. The number of hydrogen-bond donors (Lipinski definition) is 2. The third-order valence-electron chi connectivity index (χ3n) is 4.35. The number of carbonyl (C=O) groups excluding carboxylic acids is 2. The van der Waals surface area contributed by atoms with Crippen molar-refractivity contribution in [2.75, 3.05) is 46.5 Å². The van der Waals surface area contributed by atoms with E-state index >= 15 is 0 Å². The molecule has 7 heteroatoms. The minimum atomic E-state index is -0.562. The van der Waals surface area contributed by atoms with Crippen molar-refractivity contribution >= 4 is 11.8 Å². The number of nitrogens with zero attached hydrogens (tertiary/aromatic N) is 2. The quantitative estimate of drug-likeness (QED) is 0.561. The number of rotatable bonds is 10. The van der Waals surface area contributed by atoms with E-state index in [9.17, 15) is 9.59 Å². The van der Waals surface area contributed by atoms with Crippen LogP contribution in [-0.2, 0) is 14.3 Å². The molecule has 26 heavy (non-hydrogen) atoms. The van der Waals surface area contributed by atoms with Crippen LogP contribution >= 0.6 is 0 Å². The van der Waals surface area contributed by atoms with Crippen LogP contribution in [0.3, 0.4) is 0 Å². The van der Waals surface area contributed by atoms with Crippen molar-refractivity contribution < 1.29 is 19.4 Å². The molecule has 1 atom stereocenters. The van der Waals surface area contributed by atoms with Crippen LogP contribution in [0.15, 0.2) is 0 Å². The first-order valence-corrected chi connectivity index (χ1v) is 9.31. The van der Waals surface area contributed by atoms with Gasteiger partial charge in [-0.05, 0) is 34.7 Å². The first-order chi connectivity index (χ1) is 11.8. The Morgan fingerprint density at radius 3 is 2.12 bits per heavy atom. The third-order valence-corrected chi connectivity index (χ3v) is 4.35. The van der Waals surface area contributed by atoms with Gasteiger partial charge >= 0.3 is 0 Å². The summed E-state index contributed by atoms with van der Waals surface area (Å²) in [5.74, 6) is -0.243. The van der Waals surface area contributed by atoms with E-state index in [1.807, 2.05) is 27.8 Å². The predicted octanol–water partition coefficient (Wildman–Crippen LogP) is 1.11. The van der Waals surface area contributed by atoms with Gasteiger partial charge in [0, 0.05) is 30.6 Å². The molecule has 0 aliphatic heterocycles. The van der Waals surface area contributed by atoms with Crippen LogP contribution < -0.4 is 5.32 Å². The molecule has 2 amide bonds. The average molecular weight is 374 g/mol. The fraction of sp³-hybridized carbons (Fsp3) is 0.895. The zero-order valence-electron chi connectivity index (χ0n) is 17.9. The summed E-state index contributed by atoms with van der Waals surface area (Å²) in [4.78, 5) is 29.2. The molecule has 0 aromatic carbocycles. The molecule has 0 radical (unpaired) electrons. The van der Waals surface area contributed by atoms with E-state index in [0.29, 0.717) is 26.2 Å². The molecule has 0 heterocycles. The highest BCUT2D eigenvalue weighted by atomic mass is 16.5. The van der Waals surface area contributed by atoms with Gasteiger partial charge in [0.2, 0.25) is 11.8 Å². The Morgan fingerprint density at radius 2 is 1.65 bits per heavy atom. The summed E-state index contributed by atoms with van der Waals surface area (Å²) in [5, 5.41) is 11.5. The fourth-order valence-corrected chi connectivity index (χ4v) is 2.20. The lowest BCUT2D eigenvalue weighted by atomic mass is 9.93. The van der Waals surface area contributed by atoms with Gasteiger partial charge in [0.15, 0.2) is 0 Å². The molecule has 0 aliphatic carbocycles. The van der Waals surface area contributed by atoms with Gasteiger partial charge < -0.3 is 20.1 Å². The lowest BCUT2D eigenvalue weighted by Crippen LogP contribution is -2.54. The number of aliphatic hydroxyl groups is 1. The molecule has 0 fully saturated rings. The largest absolute Gasteiger partial charge is 0.394 e. The molecule has 0 saturated carbocycles. The van der Waals surface area contributed by atoms with Crippen LogP contribution in [-0.4, -0.2) is 84.8 Å². The number of ether oxygens (including phenoxy) is 1. The van der Waals surface area contributed by atoms with E-state index in [0.717, 1.165) is 0 Å². The maximum atomic E-state index is 12.9. The van der Waals surface area contributed by atoms with E-state index in [4.69, 9.17) is 9.84 Å². The molecule has 0 rings (SSSR count). The Balaban J connectivity index is 4.92. The third kappa shape index (κ3) is 8.96. The Kier molecular flexibility index (Phi) is 10.4. The summed E-state index contributed by atoms with van der Waals surface area (Å²) in [6, 6.07) is -0.562. The number of hydrogen-bond acceptors (Lipinski definition) is 5. The van der Waals surface area contributed by atoms with E-state index in [-0.39, 0.29) is 30.6 Å². The zero-order valence-corrected chi connectivity index (χ0v) is 17.9. The molecule has 0 spiro atoms. The normalized spacial score (nSPS) is 13.6. The van der Waals surface area contributed by atoms with Crippen molar-refractivity contribution in [3.8, 4) is 0 Å². The van der Waals surface area contributed by atoms with Gasteiger partial charge in [0.1, 0.15) is 6.04 Å². The van der Waals surface area contributed by atoms with Gasteiger partial charge in [-0.1, -0.05) is 20.8 Å². The minimum absolute atomic E-state index is 0.00794. The van der Waals surface area contributed by atoms with Crippen molar-refractivity contribution in [3.63, 3.8) is 0 Å². The molecular formula is C19H39N3O4. The molecule has 7 nitrogen and oxygen atoms in total. The SMILES string of the molecule is C[C@@H](C(=O)NCCOCCO)N(CCN(C)C(C)(C)C)C(=O)C(C)(C)C. The highest BCUT2D eigenvalue weighted by Crippen LogP contribution is 2.20. The summed E-state index contributed by atoms with van der Waals surface area (Å²) < 4.78 is 5.14.